The summed E-state index contributed by atoms with van der Waals surface area (Å²) in [4.78, 5) is 37.5. The number of nitrogens with zero attached hydrogens (tertiary/aromatic N) is 1. The minimum Gasteiger partial charge on any atom is -0.756 e. The molecule has 0 amide bonds. The van der Waals surface area contributed by atoms with E-state index in [9.17, 15) is 19.0 Å². The zero-order valence-electron chi connectivity index (χ0n) is 36.1. The maximum Gasteiger partial charge on any atom is 0.306 e. The molecule has 0 aliphatic carbocycles. The van der Waals surface area contributed by atoms with Gasteiger partial charge >= 0.3 is 11.9 Å². The average Bonchev–Trinajstić information content (AvgIpc) is 3.15. The number of quaternary nitrogens is 1. The maximum atomic E-state index is 12.6. The van der Waals surface area contributed by atoms with Crippen LogP contribution in [0.3, 0.4) is 0 Å². The van der Waals surface area contributed by atoms with Crippen LogP contribution in [0.4, 0.5) is 0 Å². The van der Waals surface area contributed by atoms with Crippen LogP contribution in [0.15, 0.2) is 72.9 Å². The molecule has 0 radical (unpaired) electrons. The highest BCUT2D eigenvalue weighted by Gasteiger charge is 2.21. The molecule has 56 heavy (non-hydrogen) atoms. The summed E-state index contributed by atoms with van der Waals surface area (Å²) in [5, 5.41) is 0. The molecule has 0 aromatic carbocycles. The van der Waals surface area contributed by atoms with E-state index in [4.69, 9.17) is 18.5 Å². The second-order valence-electron chi connectivity index (χ2n) is 15.3. The number of unbranched alkanes of at least 4 members (excludes halogenated alkanes) is 12. The predicted molar refractivity (Wildman–Crippen MR) is 231 cm³/mol. The van der Waals surface area contributed by atoms with E-state index in [1.54, 1.807) is 0 Å². The molecule has 0 aromatic rings. The van der Waals surface area contributed by atoms with Gasteiger partial charge < -0.3 is 27.9 Å². The normalized spacial score (nSPS) is 14.3. The summed E-state index contributed by atoms with van der Waals surface area (Å²) < 4.78 is 33.8. The predicted octanol–water partition coefficient (Wildman–Crippen LogP) is 11.6. The van der Waals surface area contributed by atoms with E-state index >= 15 is 0 Å². The number of allylic oxidation sites excluding steroid dienone is 12. The molecule has 1 unspecified atom stereocenters. The van der Waals surface area contributed by atoms with Crippen LogP contribution in [0, 0.1) is 0 Å². The van der Waals surface area contributed by atoms with Gasteiger partial charge in [-0.1, -0.05) is 132 Å². The lowest BCUT2D eigenvalue weighted by molar-refractivity contribution is -0.870. The Labute approximate surface area is 342 Å². The zero-order valence-corrected chi connectivity index (χ0v) is 36.9. The highest BCUT2D eigenvalue weighted by Crippen LogP contribution is 2.38. The van der Waals surface area contributed by atoms with Gasteiger partial charge in [0.2, 0.25) is 0 Å². The van der Waals surface area contributed by atoms with E-state index in [0.29, 0.717) is 23.9 Å². The number of likely N-dealkylation sites (N-methyl/N-ethyl adjacent to an activating group) is 1. The fourth-order valence-corrected chi connectivity index (χ4v) is 5.99. The number of esters is 2. The summed E-state index contributed by atoms with van der Waals surface area (Å²) in [6, 6.07) is 0. The van der Waals surface area contributed by atoms with Gasteiger partial charge in [-0.3, -0.25) is 14.2 Å². The lowest BCUT2D eigenvalue weighted by atomic mass is 10.1. The molecule has 0 saturated carbocycles. The molecule has 0 aromatic heterocycles. The van der Waals surface area contributed by atoms with Crippen molar-refractivity contribution >= 4 is 19.8 Å². The number of ether oxygens (including phenoxy) is 2. The summed E-state index contributed by atoms with van der Waals surface area (Å²) >= 11 is 0. The van der Waals surface area contributed by atoms with Gasteiger partial charge in [-0.15, -0.1) is 0 Å². The molecule has 0 heterocycles. The number of rotatable bonds is 38. The molecule has 0 rings (SSSR count). The molecule has 0 spiro atoms. The lowest BCUT2D eigenvalue weighted by Gasteiger charge is -2.28. The summed E-state index contributed by atoms with van der Waals surface area (Å²) in [5.41, 5.74) is 0. The van der Waals surface area contributed by atoms with Gasteiger partial charge in [0.25, 0.3) is 7.82 Å². The minimum absolute atomic E-state index is 0.0492. The molecule has 0 saturated heterocycles. The smallest absolute Gasteiger partial charge is 0.306 e. The first kappa shape index (κ1) is 53.5. The van der Waals surface area contributed by atoms with Gasteiger partial charge in [0.1, 0.15) is 19.8 Å². The lowest BCUT2D eigenvalue weighted by Crippen LogP contribution is -2.37. The van der Waals surface area contributed by atoms with Gasteiger partial charge in [0.15, 0.2) is 6.10 Å². The molecule has 0 aliphatic heterocycles. The van der Waals surface area contributed by atoms with E-state index in [1.165, 1.54) is 57.8 Å². The number of phosphoric ester groups is 1. The largest absolute Gasteiger partial charge is 0.756 e. The van der Waals surface area contributed by atoms with E-state index in [-0.39, 0.29) is 26.1 Å². The molecule has 0 fully saturated rings. The van der Waals surface area contributed by atoms with Crippen molar-refractivity contribution in [2.45, 2.75) is 161 Å². The van der Waals surface area contributed by atoms with Crippen LogP contribution in [-0.2, 0) is 32.7 Å². The van der Waals surface area contributed by atoms with Crippen molar-refractivity contribution in [1.82, 2.24) is 0 Å². The van der Waals surface area contributed by atoms with E-state index in [0.717, 1.165) is 57.8 Å². The van der Waals surface area contributed by atoms with Crippen LogP contribution >= 0.6 is 7.82 Å². The maximum absolute atomic E-state index is 12.6. The Morgan fingerprint density at radius 3 is 1.52 bits per heavy atom. The highest BCUT2D eigenvalue weighted by molar-refractivity contribution is 7.45. The third-order valence-electron chi connectivity index (χ3n) is 8.70. The minimum atomic E-state index is -4.65. The summed E-state index contributed by atoms with van der Waals surface area (Å²) in [6.07, 6.45) is 46.5. The topological polar surface area (TPSA) is 111 Å². The SMILES string of the molecule is CCCCC/C=C/C/C=C/C/C=C/CCCCC(=O)O[C@H](COC(=O)CCC/C=C/C/C=C/C/C=C/CCCCCCCC)COP(=O)([O-])OCC[N+](C)(C)C. The van der Waals surface area contributed by atoms with Crippen molar-refractivity contribution in [1.29, 1.82) is 0 Å². The van der Waals surface area contributed by atoms with E-state index in [2.05, 4.69) is 86.8 Å². The second-order valence-corrected chi connectivity index (χ2v) is 16.8. The first-order chi connectivity index (χ1) is 27.0. The highest BCUT2D eigenvalue weighted by atomic mass is 31.2. The Bertz CT molecular complexity index is 1180. The molecule has 9 nitrogen and oxygen atoms in total. The summed E-state index contributed by atoms with van der Waals surface area (Å²) in [6.45, 7) is 4.06. The van der Waals surface area contributed by atoms with Crippen LogP contribution in [0.5, 0.6) is 0 Å². The van der Waals surface area contributed by atoms with Crippen molar-refractivity contribution < 1.29 is 42.1 Å². The third-order valence-corrected chi connectivity index (χ3v) is 9.66. The third kappa shape index (κ3) is 41.1. The standard InChI is InChI=1S/C46H80NO8P/c1-6-8-10-12-14-16-18-20-22-23-25-26-28-30-32-34-36-38-45(48)52-42-44(43-54-56(50,51)53-41-40-47(3,4)5)55-46(49)39-37-35-33-31-29-27-24-21-19-17-15-13-11-9-7-2/h15,17,20-22,24-26,29-32,44H,6-14,16,18-19,23,27-28,33-43H2,1-5H3/b17-15+,22-20+,24-21+,26-25+,31-29+,32-30+/t44-/m1/s1. The quantitative estimate of drug-likeness (QED) is 0.0199. The van der Waals surface area contributed by atoms with Gasteiger partial charge in [-0.05, 0) is 83.5 Å². The van der Waals surface area contributed by atoms with Crippen LogP contribution < -0.4 is 4.89 Å². The first-order valence-electron chi connectivity index (χ1n) is 21.6. The van der Waals surface area contributed by atoms with Crippen molar-refractivity contribution in [3.8, 4) is 0 Å². The number of carbonyl (C=O) groups is 2. The number of phosphoric acid groups is 1. The van der Waals surface area contributed by atoms with Crippen molar-refractivity contribution in [3.63, 3.8) is 0 Å². The van der Waals surface area contributed by atoms with Crippen LogP contribution in [-0.4, -0.2) is 70.0 Å². The fraction of sp³-hybridized carbons (Fsp3) is 0.696. The van der Waals surface area contributed by atoms with Gasteiger partial charge in [-0.2, -0.15) is 0 Å². The van der Waals surface area contributed by atoms with Crippen molar-refractivity contribution in [2.24, 2.45) is 0 Å². The number of hydrogen-bond acceptors (Lipinski definition) is 8. The van der Waals surface area contributed by atoms with E-state index < -0.39 is 32.5 Å². The van der Waals surface area contributed by atoms with Crippen molar-refractivity contribution in [2.75, 3.05) is 47.5 Å². The Balaban J connectivity index is 4.54. The molecular weight excluding hydrogens is 725 g/mol. The van der Waals surface area contributed by atoms with Gasteiger partial charge in [-0.25, -0.2) is 0 Å². The van der Waals surface area contributed by atoms with Gasteiger partial charge in [0, 0.05) is 12.8 Å². The summed E-state index contributed by atoms with van der Waals surface area (Å²) in [5.74, 6) is -0.948. The second kappa shape index (κ2) is 38.0. The van der Waals surface area contributed by atoms with Crippen LogP contribution in [0.1, 0.15) is 155 Å². The molecule has 0 aliphatic rings. The number of carbonyl (C=O) groups excluding carboxylic acids is 2. The average molecular weight is 806 g/mol. The molecule has 0 bridgehead atoms. The molecular formula is C46H80NO8P. The van der Waals surface area contributed by atoms with Gasteiger partial charge in [0.05, 0.1) is 27.7 Å². The Morgan fingerprint density at radius 1 is 0.554 bits per heavy atom. The van der Waals surface area contributed by atoms with Crippen LogP contribution in [0.25, 0.3) is 0 Å². The van der Waals surface area contributed by atoms with Crippen LogP contribution in [0.2, 0.25) is 0 Å². The van der Waals surface area contributed by atoms with Crippen molar-refractivity contribution in [3.05, 3.63) is 72.9 Å². The Hall–Kier alpha value is -2.55. The monoisotopic (exact) mass is 806 g/mol. The Morgan fingerprint density at radius 2 is 0.982 bits per heavy atom. The van der Waals surface area contributed by atoms with E-state index in [1.807, 2.05) is 21.1 Å². The molecule has 322 valence electrons. The fourth-order valence-electron chi connectivity index (χ4n) is 5.26. The first-order valence-corrected chi connectivity index (χ1v) is 23.1. The zero-order chi connectivity index (χ0) is 41.4. The number of hydrogen-bond donors (Lipinski definition) is 0. The summed E-state index contributed by atoms with van der Waals surface area (Å²) in [7, 11) is 1.10. The Kier molecular flexibility index (Phi) is 36.3. The molecule has 2 atom stereocenters. The molecule has 0 N–H and O–H groups in total. The molecule has 10 heteroatoms.